The Balaban J connectivity index is 1.63. The Morgan fingerprint density at radius 3 is 2.72 bits per heavy atom. The maximum absolute atomic E-state index is 11.0. The van der Waals surface area contributed by atoms with E-state index in [0.29, 0.717) is 24.6 Å². The predicted octanol–water partition coefficient (Wildman–Crippen LogP) is 5.71. The summed E-state index contributed by atoms with van der Waals surface area (Å²) in [6.07, 6.45) is 8.54. The van der Waals surface area contributed by atoms with Gasteiger partial charge < -0.3 is 14.9 Å². The lowest BCUT2D eigenvalue weighted by molar-refractivity contribution is -0.0318. The van der Waals surface area contributed by atoms with Gasteiger partial charge in [0.25, 0.3) is 0 Å². The SMILES string of the molecule is CC1(C)Oc2cc(C3(CCCCN=[N+]=[N-])CCC3)cc(O)c2[C@@H]2C[C@H](O)CC[C@H]21. The van der Waals surface area contributed by atoms with Crippen molar-refractivity contribution in [3.8, 4) is 11.5 Å². The summed E-state index contributed by atoms with van der Waals surface area (Å²) in [6.45, 7) is 4.83. The maximum Gasteiger partial charge on any atom is 0.127 e. The molecule has 0 aromatic heterocycles. The van der Waals surface area contributed by atoms with Crippen LogP contribution in [0.1, 0.15) is 88.7 Å². The number of phenols is 1. The molecule has 0 unspecified atom stereocenters. The first kappa shape index (κ1) is 20.4. The molecule has 1 heterocycles. The molecule has 1 aromatic rings. The second kappa shape index (κ2) is 7.73. The van der Waals surface area contributed by atoms with Crippen LogP contribution in [0.4, 0.5) is 0 Å². The number of benzene rings is 1. The highest BCUT2D eigenvalue weighted by Gasteiger charge is 2.48. The first-order valence-electron chi connectivity index (χ1n) is 11.1. The highest BCUT2D eigenvalue weighted by molar-refractivity contribution is 5.54. The zero-order valence-electron chi connectivity index (χ0n) is 17.6. The molecule has 158 valence electrons. The third-order valence-corrected chi connectivity index (χ3v) is 7.73. The van der Waals surface area contributed by atoms with Crippen molar-refractivity contribution in [2.24, 2.45) is 11.0 Å². The van der Waals surface area contributed by atoms with Crippen molar-refractivity contribution in [1.82, 2.24) is 0 Å². The van der Waals surface area contributed by atoms with E-state index in [2.05, 4.69) is 29.9 Å². The highest BCUT2D eigenvalue weighted by Crippen LogP contribution is 2.57. The van der Waals surface area contributed by atoms with Crippen molar-refractivity contribution in [2.75, 3.05) is 6.54 Å². The van der Waals surface area contributed by atoms with E-state index in [1.54, 1.807) is 0 Å². The number of hydrogen-bond acceptors (Lipinski definition) is 4. The molecule has 6 nitrogen and oxygen atoms in total. The Kier molecular flexibility index (Phi) is 5.43. The molecule has 2 saturated carbocycles. The van der Waals surface area contributed by atoms with Crippen molar-refractivity contribution in [2.45, 2.75) is 94.7 Å². The van der Waals surface area contributed by atoms with Gasteiger partial charge in [-0.2, -0.15) is 0 Å². The van der Waals surface area contributed by atoms with Gasteiger partial charge in [-0.25, -0.2) is 0 Å². The summed E-state index contributed by atoms with van der Waals surface area (Å²) >= 11 is 0. The predicted molar refractivity (Wildman–Crippen MR) is 112 cm³/mol. The Hall–Kier alpha value is -1.91. The first-order chi connectivity index (χ1) is 13.9. The summed E-state index contributed by atoms with van der Waals surface area (Å²) in [6, 6.07) is 4.13. The molecule has 0 radical (unpaired) electrons. The van der Waals surface area contributed by atoms with Gasteiger partial charge in [-0.15, -0.1) is 0 Å². The molecule has 2 fully saturated rings. The number of hydrogen-bond donors (Lipinski definition) is 2. The van der Waals surface area contributed by atoms with Crippen molar-refractivity contribution >= 4 is 0 Å². The zero-order valence-corrected chi connectivity index (χ0v) is 17.6. The topological polar surface area (TPSA) is 98.5 Å². The number of nitrogens with zero attached hydrogens (tertiary/aromatic N) is 3. The fourth-order valence-electron chi connectivity index (χ4n) is 6.01. The fourth-order valence-corrected chi connectivity index (χ4v) is 6.01. The second-order valence-electron chi connectivity index (χ2n) is 9.84. The summed E-state index contributed by atoms with van der Waals surface area (Å²) < 4.78 is 6.47. The Labute approximate surface area is 172 Å². The largest absolute Gasteiger partial charge is 0.508 e. The summed E-state index contributed by atoms with van der Waals surface area (Å²) in [4.78, 5) is 2.83. The number of unbranched alkanes of at least 4 members (excludes halogenated alkanes) is 1. The molecule has 3 aliphatic rings. The molecule has 2 N–H and O–H groups in total. The van der Waals surface area contributed by atoms with Crippen LogP contribution >= 0.6 is 0 Å². The molecule has 29 heavy (non-hydrogen) atoms. The smallest absolute Gasteiger partial charge is 0.127 e. The van der Waals surface area contributed by atoms with Crippen molar-refractivity contribution in [3.63, 3.8) is 0 Å². The van der Waals surface area contributed by atoms with E-state index in [0.717, 1.165) is 56.3 Å². The zero-order chi connectivity index (χ0) is 20.6. The van der Waals surface area contributed by atoms with Gasteiger partial charge in [-0.3, -0.25) is 0 Å². The van der Waals surface area contributed by atoms with Crippen LogP contribution in [0.15, 0.2) is 17.2 Å². The molecule has 2 aliphatic carbocycles. The third-order valence-electron chi connectivity index (χ3n) is 7.73. The van der Waals surface area contributed by atoms with Gasteiger partial charge in [-0.05, 0) is 87.4 Å². The van der Waals surface area contributed by atoms with Gasteiger partial charge in [0, 0.05) is 28.9 Å². The highest BCUT2D eigenvalue weighted by atomic mass is 16.5. The summed E-state index contributed by atoms with van der Waals surface area (Å²) in [5.74, 6) is 1.60. The number of aliphatic hydroxyl groups is 1. The Morgan fingerprint density at radius 2 is 2.03 bits per heavy atom. The van der Waals surface area contributed by atoms with E-state index in [-0.39, 0.29) is 23.0 Å². The van der Waals surface area contributed by atoms with Gasteiger partial charge in [0.05, 0.1) is 6.10 Å². The molecule has 6 heteroatoms. The minimum atomic E-state index is -0.301. The van der Waals surface area contributed by atoms with Gasteiger partial charge >= 0.3 is 0 Å². The molecular weight excluding hydrogens is 366 g/mol. The second-order valence-corrected chi connectivity index (χ2v) is 9.84. The number of phenolic OH excluding ortho intramolecular Hbond substituents is 1. The molecule has 0 amide bonds. The normalized spacial score (nSPS) is 28.9. The molecule has 1 aliphatic heterocycles. The van der Waals surface area contributed by atoms with Crippen LogP contribution in [0.2, 0.25) is 0 Å². The molecular formula is C23H33N3O3. The van der Waals surface area contributed by atoms with Crippen LogP contribution in [0.3, 0.4) is 0 Å². The maximum atomic E-state index is 11.0. The third kappa shape index (κ3) is 3.69. The van der Waals surface area contributed by atoms with E-state index in [1.807, 2.05) is 6.07 Å². The van der Waals surface area contributed by atoms with Crippen LogP contribution in [-0.4, -0.2) is 28.5 Å². The number of rotatable bonds is 6. The minimum Gasteiger partial charge on any atom is -0.508 e. The van der Waals surface area contributed by atoms with Crippen molar-refractivity contribution < 1.29 is 14.9 Å². The van der Waals surface area contributed by atoms with Crippen LogP contribution in [0, 0.1) is 5.92 Å². The van der Waals surface area contributed by atoms with Crippen molar-refractivity contribution in [1.29, 1.82) is 0 Å². The standard InChI is InChI=1S/C23H33N3O3/c1-22(2)18-7-6-16(27)14-17(18)21-19(28)12-15(13-20(21)29-22)23(9-5-10-23)8-3-4-11-25-26-24/h12-13,16-18,27-28H,3-11,14H2,1-2H3/t16-,17-,18-/m1/s1. The number of aliphatic hydroxyl groups excluding tert-OH is 1. The number of azide groups is 1. The van der Waals surface area contributed by atoms with Gasteiger partial charge in [0.2, 0.25) is 0 Å². The first-order valence-corrected chi connectivity index (χ1v) is 11.1. The van der Waals surface area contributed by atoms with Gasteiger partial charge in [0.15, 0.2) is 0 Å². The lowest BCUT2D eigenvalue weighted by Gasteiger charge is -2.49. The lowest BCUT2D eigenvalue weighted by Crippen LogP contribution is -2.47. The average molecular weight is 400 g/mol. The van der Waals surface area contributed by atoms with Crippen molar-refractivity contribution in [3.05, 3.63) is 33.7 Å². The van der Waals surface area contributed by atoms with E-state index < -0.39 is 0 Å². The minimum absolute atomic E-state index is 0.0965. The quantitative estimate of drug-likeness (QED) is 0.277. The molecule has 4 rings (SSSR count). The van der Waals surface area contributed by atoms with Crippen LogP contribution in [0.25, 0.3) is 10.4 Å². The van der Waals surface area contributed by atoms with Gasteiger partial charge in [-0.1, -0.05) is 18.0 Å². The molecule has 0 saturated heterocycles. The number of aromatic hydroxyl groups is 1. The van der Waals surface area contributed by atoms with Crippen LogP contribution in [0.5, 0.6) is 11.5 Å². The fraction of sp³-hybridized carbons (Fsp3) is 0.739. The summed E-state index contributed by atoms with van der Waals surface area (Å²) in [5, 5.41) is 25.0. The summed E-state index contributed by atoms with van der Waals surface area (Å²) in [5.41, 5.74) is 10.3. The monoisotopic (exact) mass is 399 g/mol. The molecule has 0 bridgehead atoms. The Bertz CT molecular complexity index is 812. The number of ether oxygens (including phenoxy) is 1. The molecule has 1 aromatic carbocycles. The van der Waals surface area contributed by atoms with Gasteiger partial charge in [0.1, 0.15) is 17.1 Å². The van der Waals surface area contributed by atoms with Crippen LogP contribution < -0.4 is 4.74 Å². The van der Waals surface area contributed by atoms with E-state index in [4.69, 9.17) is 10.3 Å². The lowest BCUT2D eigenvalue weighted by atomic mass is 9.61. The molecule has 0 spiro atoms. The van der Waals surface area contributed by atoms with E-state index in [1.165, 1.54) is 12.0 Å². The average Bonchev–Trinajstić information content (AvgIpc) is 2.62. The summed E-state index contributed by atoms with van der Waals surface area (Å²) in [7, 11) is 0. The molecule has 3 atom stereocenters. The number of fused-ring (bicyclic) bond motifs is 3. The Morgan fingerprint density at radius 1 is 1.24 bits per heavy atom. The van der Waals surface area contributed by atoms with E-state index in [9.17, 15) is 10.2 Å². The van der Waals surface area contributed by atoms with E-state index >= 15 is 0 Å². The van der Waals surface area contributed by atoms with Crippen LogP contribution in [-0.2, 0) is 5.41 Å².